The van der Waals surface area contributed by atoms with Gasteiger partial charge in [0.25, 0.3) is 0 Å². The summed E-state index contributed by atoms with van der Waals surface area (Å²) in [5, 5.41) is 0. The highest BCUT2D eigenvalue weighted by Gasteiger charge is 2.01. The van der Waals surface area contributed by atoms with Crippen LogP contribution in [0.2, 0.25) is 0 Å². The van der Waals surface area contributed by atoms with E-state index in [-0.39, 0.29) is 5.92 Å². The number of hydrogen-bond donors (Lipinski definition) is 0. The Balaban J connectivity index is 3.55. The first-order valence-corrected chi connectivity index (χ1v) is 3.68. The van der Waals surface area contributed by atoms with Crippen LogP contribution in [-0.2, 0) is 0 Å². The standard InChI is InChI=1S/C11H12/c1-4-7-9-11(6-3)10-8-5-2/h1-3,11H,7-10H2. The molecular formula is C11H12. The summed E-state index contributed by atoms with van der Waals surface area (Å²) in [4.78, 5) is 0. The van der Waals surface area contributed by atoms with Crippen molar-refractivity contribution in [3.63, 3.8) is 0 Å². The zero-order valence-corrected chi connectivity index (χ0v) is 6.64. The minimum atomic E-state index is 0.266. The molecule has 0 radical (unpaired) electrons. The Hall–Kier alpha value is -1.32. The Morgan fingerprint density at radius 3 is 1.64 bits per heavy atom. The van der Waals surface area contributed by atoms with Gasteiger partial charge in [0.15, 0.2) is 0 Å². The molecule has 0 atom stereocenters. The maximum atomic E-state index is 5.27. The average molecular weight is 144 g/mol. The molecule has 0 aromatic heterocycles. The lowest BCUT2D eigenvalue weighted by atomic mass is 9.99. The second kappa shape index (κ2) is 6.80. The van der Waals surface area contributed by atoms with E-state index in [2.05, 4.69) is 17.8 Å². The van der Waals surface area contributed by atoms with Crippen molar-refractivity contribution >= 4 is 0 Å². The van der Waals surface area contributed by atoms with E-state index < -0.39 is 0 Å². The highest BCUT2D eigenvalue weighted by molar-refractivity contribution is 4.98. The summed E-state index contributed by atoms with van der Waals surface area (Å²) in [7, 11) is 0. The van der Waals surface area contributed by atoms with Crippen LogP contribution in [-0.4, -0.2) is 0 Å². The molecule has 0 heteroatoms. The summed E-state index contributed by atoms with van der Waals surface area (Å²) in [6.07, 6.45) is 18.8. The summed E-state index contributed by atoms with van der Waals surface area (Å²) in [5.41, 5.74) is 0. The molecule has 0 aromatic rings. The zero-order chi connectivity index (χ0) is 8.53. The van der Waals surface area contributed by atoms with Crippen molar-refractivity contribution < 1.29 is 0 Å². The lowest BCUT2D eigenvalue weighted by molar-refractivity contribution is 0.583. The molecule has 0 saturated heterocycles. The molecule has 0 aliphatic rings. The molecule has 0 aromatic carbocycles. The highest BCUT2D eigenvalue weighted by Crippen LogP contribution is 2.10. The van der Waals surface area contributed by atoms with Gasteiger partial charge in [0.2, 0.25) is 0 Å². The Labute approximate surface area is 69.4 Å². The Morgan fingerprint density at radius 2 is 1.36 bits per heavy atom. The number of hydrogen-bond acceptors (Lipinski definition) is 0. The van der Waals surface area contributed by atoms with Gasteiger partial charge in [-0.15, -0.1) is 37.0 Å². The second-order valence-corrected chi connectivity index (χ2v) is 2.35. The molecule has 0 saturated carbocycles. The minimum absolute atomic E-state index is 0.266. The monoisotopic (exact) mass is 144 g/mol. The Morgan fingerprint density at radius 1 is 0.909 bits per heavy atom. The summed E-state index contributed by atoms with van der Waals surface area (Å²) < 4.78 is 0. The maximum absolute atomic E-state index is 5.27. The summed E-state index contributed by atoms with van der Waals surface area (Å²) in [5.74, 6) is 8.07. The predicted octanol–water partition coefficient (Wildman–Crippen LogP) is 2.06. The van der Waals surface area contributed by atoms with Crippen LogP contribution in [0.1, 0.15) is 25.7 Å². The molecule has 0 aliphatic heterocycles. The van der Waals surface area contributed by atoms with E-state index in [0.717, 1.165) is 25.7 Å². The van der Waals surface area contributed by atoms with Crippen LogP contribution in [0.5, 0.6) is 0 Å². The fraction of sp³-hybridized carbons (Fsp3) is 0.455. The van der Waals surface area contributed by atoms with E-state index in [1.807, 2.05) is 0 Å². The van der Waals surface area contributed by atoms with Gasteiger partial charge in [-0.05, 0) is 12.8 Å². The highest BCUT2D eigenvalue weighted by atomic mass is 14.0. The van der Waals surface area contributed by atoms with Gasteiger partial charge in [0.05, 0.1) is 0 Å². The van der Waals surface area contributed by atoms with Crippen LogP contribution in [0.15, 0.2) is 0 Å². The molecular weight excluding hydrogens is 132 g/mol. The van der Waals surface area contributed by atoms with Crippen molar-refractivity contribution in [3.8, 4) is 37.0 Å². The minimum Gasteiger partial charge on any atom is -0.120 e. The normalized spacial score (nSPS) is 8.18. The first-order valence-electron chi connectivity index (χ1n) is 3.68. The lowest BCUT2D eigenvalue weighted by Gasteiger charge is -2.04. The maximum Gasteiger partial charge on any atom is 0.0218 e. The molecule has 0 nitrogen and oxygen atoms in total. The van der Waals surface area contributed by atoms with Gasteiger partial charge in [-0.25, -0.2) is 0 Å². The largest absolute Gasteiger partial charge is 0.120 e. The molecule has 0 N–H and O–H groups in total. The summed E-state index contributed by atoms with van der Waals surface area (Å²) >= 11 is 0. The van der Waals surface area contributed by atoms with E-state index in [1.165, 1.54) is 0 Å². The quantitative estimate of drug-likeness (QED) is 0.530. The molecule has 0 bridgehead atoms. The van der Waals surface area contributed by atoms with Crippen molar-refractivity contribution in [2.45, 2.75) is 25.7 Å². The molecule has 0 amide bonds. The second-order valence-electron chi connectivity index (χ2n) is 2.35. The third-order valence-electron chi connectivity index (χ3n) is 1.51. The molecule has 56 valence electrons. The van der Waals surface area contributed by atoms with Crippen LogP contribution in [0.3, 0.4) is 0 Å². The van der Waals surface area contributed by atoms with Crippen LogP contribution >= 0.6 is 0 Å². The summed E-state index contributed by atoms with van der Waals surface area (Å²) in [6, 6.07) is 0. The van der Waals surface area contributed by atoms with Gasteiger partial charge in [0.1, 0.15) is 0 Å². The van der Waals surface area contributed by atoms with Gasteiger partial charge >= 0.3 is 0 Å². The topological polar surface area (TPSA) is 0 Å². The smallest absolute Gasteiger partial charge is 0.0218 e. The van der Waals surface area contributed by atoms with E-state index in [4.69, 9.17) is 19.3 Å². The Bertz CT molecular complexity index is 186. The third kappa shape index (κ3) is 5.14. The van der Waals surface area contributed by atoms with Gasteiger partial charge in [-0.3, -0.25) is 0 Å². The SMILES string of the molecule is C#CCCC(C#C)CCC#C. The van der Waals surface area contributed by atoms with E-state index in [0.29, 0.717) is 0 Å². The van der Waals surface area contributed by atoms with Crippen molar-refractivity contribution in [2.75, 3.05) is 0 Å². The van der Waals surface area contributed by atoms with Crippen molar-refractivity contribution in [3.05, 3.63) is 0 Å². The van der Waals surface area contributed by atoms with Gasteiger partial charge in [-0.1, -0.05) is 0 Å². The number of terminal acetylenes is 3. The van der Waals surface area contributed by atoms with Crippen LogP contribution in [0.25, 0.3) is 0 Å². The van der Waals surface area contributed by atoms with E-state index >= 15 is 0 Å². The van der Waals surface area contributed by atoms with E-state index in [1.54, 1.807) is 0 Å². The molecule has 0 spiro atoms. The van der Waals surface area contributed by atoms with Crippen molar-refractivity contribution in [1.29, 1.82) is 0 Å². The molecule has 0 heterocycles. The predicted molar refractivity (Wildman–Crippen MR) is 48.5 cm³/mol. The first-order chi connectivity index (χ1) is 5.35. The molecule has 0 rings (SSSR count). The molecule has 0 aliphatic carbocycles. The van der Waals surface area contributed by atoms with Crippen molar-refractivity contribution in [2.24, 2.45) is 5.92 Å². The average Bonchev–Trinajstić information content (AvgIpc) is 2.05. The van der Waals surface area contributed by atoms with Gasteiger partial charge in [-0.2, -0.15) is 0 Å². The number of rotatable bonds is 4. The fourth-order valence-electron chi connectivity index (χ4n) is 0.826. The molecule has 11 heavy (non-hydrogen) atoms. The third-order valence-corrected chi connectivity index (χ3v) is 1.51. The van der Waals surface area contributed by atoms with Crippen LogP contribution < -0.4 is 0 Å². The first kappa shape index (κ1) is 9.68. The fourth-order valence-corrected chi connectivity index (χ4v) is 0.826. The summed E-state index contributed by atoms with van der Waals surface area (Å²) in [6.45, 7) is 0. The van der Waals surface area contributed by atoms with E-state index in [9.17, 15) is 0 Å². The molecule has 0 fully saturated rings. The van der Waals surface area contributed by atoms with Gasteiger partial charge in [0, 0.05) is 18.8 Å². The van der Waals surface area contributed by atoms with Crippen molar-refractivity contribution in [1.82, 2.24) is 0 Å². The lowest BCUT2D eigenvalue weighted by Crippen LogP contribution is -1.95. The van der Waals surface area contributed by atoms with Crippen LogP contribution in [0.4, 0.5) is 0 Å². The Kier molecular flexibility index (Phi) is 5.98. The molecule has 0 unspecified atom stereocenters. The zero-order valence-electron chi connectivity index (χ0n) is 6.64. The van der Waals surface area contributed by atoms with Crippen LogP contribution in [0, 0.1) is 42.9 Å². The van der Waals surface area contributed by atoms with Gasteiger partial charge < -0.3 is 0 Å².